The maximum absolute atomic E-state index is 11.4. The zero-order valence-corrected chi connectivity index (χ0v) is 14.9. The van der Waals surface area contributed by atoms with Crippen LogP contribution in [-0.4, -0.2) is 68.3 Å². The zero-order valence-electron chi connectivity index (χ0n) is 14.1. The highest BCUT2D eigenvalue weighted by Gasteiger charge is 2.50. The van der Waals surface area contributed by atoms with E-state index in [2.05, 4.69) is 9.97 Å². The van der Waals surface area contributed by atoms with Crippen LogP contribution in [0.5, 0.6) is 5.75 Å². The third-order valence-corrected chi connectivity index (χ3v) is 4.99. The SMILES string of the molecule is Cc1ccc(O[C@@H]2OC(S(=O)(=O)O)[C@@H](O)[C@H](O)[C@H]2O)c(-c2ccncc2)n1. The van der Waals surface area contributed by atoms with E-state index in [4.69, 9.17) is 9.47 Å². The van der Waals surface area contributed by atoms with Crippen molar-refractivity contribution in [1.29, 1.82) is 0 Å². The number of ether oxygens (including phenoxy) is 2. The number of hydrogen-bond donors (Lipinski definition) is 4. The Labute approximate surface area is 154 Å². The van der Waals surface area contributed by atoms with Crippen molar-refractivity contribution in [2.75, 3.05) is 0 Å². The van der Waals surface area contributed by atoms with Crippen molar-refractivity contribution in [1.82, 2.24) is 9.97 Å². The van der Waals surface area contributed by atoms with Crippen LogP contribution in [0, 0.1) is 6.92 Å². The van der Waals surface area contributed by atoms with Crippen molar-refractivity contribution < 1.29 is 37.8 Å². The van der Waals surface area contributed by atoms with Gasteiger partial charge in [-0.3, -0.25) is 9.54 Å². The summed E-state index contributed by atoms with van der Waals surface area (Å²) < 4.78 is 42.5. The molecule has 3 rings (SSSR count). The minimum atomic E-state index is -4.87. The lowest BCUT2D eigenvalue weighted by molar-refractivity contribution is -0.254. The van der Waals surface area contributed by atoms with E-state index in [1.807, 2.05) is 0 Å². The predicted molar refractivity (Wildman–Crippen MR) is 91.1 cm³/mol. The van der Waals surface area contributed by atoms with E-state index >= 15 is 0 Å². The third kappa shape index (κ3) is 4.08. The molecule has 146 valence electrons. The minimum absolute atomic E-state index is 0.133. The Balaban J connectivity index is 1.95. The summed E-state index contributed by atoms with van der Waals surface area (Å²) in [7, 11) is -4.87. The molecule has 5 atom stereocenters. The topological polar surface area (TPSA) is 159 Å². The van der Waals surface area contributed by atoms with Crippen LogP contribution in [-0.2, 0) is 14.9 Å². The highest BCUT2D eigenvalue weighted by molar-refractivity contribution is 7.86. The molecule has 27 heavy (non-hydrogen) atoms. The van der Waals surface area contributed by atoms with Crippen LogP contribution in [0.25, 0.3) is 11.3 Å². The van der Waals surface area contributed by atoms with E-state index in [1.54, 1.807) is 37.5 Å². The number of pyridine rings is 2. The average Bonchev–Trinajstić information content (AvgIpc) is 2.63. The Morgan fingerprint density at radius 1 is 1.04 bits per heavy atom. The lowest BCUT2D eigenvalue weighted by Gasteiger charge is -2.38. The molecule has 3 heterocycles. The highest BCUT2D eigenvalue weighted by Crippen LogP contribution is 2.32. The van der Waals surface area contributed by atoms with Gasteiger partial charge in [0, 0.05) is 23.7 Å². The molecule has 0 saturated carbocycles. The summed E-state index contributed by atoms with van der Waals surface area (Å²) in [6, 6.07) is 6.51. The van der Waals surface area contributed by atoms with Crippen LogP contribution >= 0.6 is 0 Å². The number of aliphatic hydroxyl groups excluding tert-OH is 3. The van der Waals surface area contributed by atoms with E-state index in [1.165, 1.54) is 6.07 Å². The van der Waals surface area contributed by atoms with Gasteiger partial charge in [0.15, 0.2) is 0 Å². The minimum Gasteiger partial charge on any atom is -0.460 e. The fourth-order valence-corrected chi connectivity index (χ4v) is 3.41. The van der Waals surface area contributed by atoms with Gasteiger partial charge in [-0.25, -0.2) is 4.98 Å². The number of rotatable bonds is 4. The standard InChI is InChI=1S/C16H18N2O8S/c1-8-2-3-10(11(18-8)9-4-6-17-7-5-9)25-15-13(20)12(19)14(21)16(26-15)27(22,23)24/h2-7,12-16,19-21H,1H3,(H,22,23,24)/t12-,13-,14+,15-,16?/m1/s1. The fraction of sp³-hybridized carbons (Fsp3) is 0.375. The maximum atomic E-state index is 11.4. The molecule has 10 nitrogen and oxygen atoms in total. The quantitative estimate of drug-likeness (QED) is 0.494. The molecule has 11 heteroatoms. The molecule has 1 aliphatic rings. The lowest BCUT2D eigenvalue weighted by atomic mass is 10.1. The predicted octanol–water partition coefficient (Wildman–Crippen LogP) is -0.516. The van der Waals surface area contributed by atoms with Crippen LogP contribution in [0.2, 0.25) is 0 Å². The molecule has 0 spiro atoms. The highest BCUT2D eigenvalue weighted by atomic mass is 32.2. The van der Waals surface area contributed by atoms with Gasteiger partial charge in [0.2, 0.25) is 11.7 Å². The van der Waals surface area contributed by atoms with E-state index in [9.17, 15) is 28.3 Å². The molecule has 0 bridgehead atoms. The van der Waals surface area contributed by atoms with Crippen LogP contribution in [0.3, 0.4) is 0 Å². The van der Waals surface area contributed by atoms with Gasteiger partial charge in [0.1, 0.15) is 29.8 Å². The first-order valence-electron chi connectivity index (χ1n) is 7.89. The summed E-state index contributed by atoms with van der Waals surface area (Å²) in [4.78, 5) is 8.28. The monoisotopic (exact) mass is 398 g/mol. The largest absolute Gasteiger partial charge is 0.460 e. The van der Waals surface area contributed by atoms with Gasteiger partial charge in [-0.05, 0) is 31.2 Å². The Bertz CT molecular complexity index is 908. The first kappa shape index (κ1) is 19.6. The molecule has 0 aromatic carbocycles. The number of nitrogens with zero attached hydrogens (tertiary/aromatic N) is 2. The second-order valence-electron chi connectivity index (χ2n) is 6.01. The average molecular weight is 398 g/mol. The van der Waals surface area contributed by atoms with Crippen molar-refractivity contribution in [3.63, 3.8) is 0 Å². The maximum Gasteiger partial charge on any atom is 0.295 e. The van der Waals surface area contributed by atoms with Crippen molar-refractivity contribution in [2.24, 2.45) is 0 Å². The summed E-state index contributed by atoms with van der Waals surface area (Å²) in [5.74, 6) is 0.133. The molecule has 1 fully saturated rings. The summed E-state index contributed by atoms with van der Waals surface area (Å²) in [5, 5.41) is 29.7. The van der Waals surface area contributed by atoms with Crippen LogP contribution in [0.15, 0.2) is 36.7 Å². The van der Waals surface area contributed by atoms with Gasteiger partial charge in [-0.15, -0.1) is 0 Å². The van der Waals surface area contributed by atoms with E-state index < -0.39 is 40.2 Å². The first-order chi connectivity index (χ1) is 12.7. The van der Waals surface area contributed by atoms with Crippen molar-refractivity contribution in [2.45, 2.75) is 37.0 Å². The number of aryl methyl sites for hydroxylation is 1. The van der Waals surface area contributed by atoms with Crippen molar-refractivity contribution in [3.8, 4) is 17.0 Å². The molecule has 1 aliphatic heterocycles. The summed E-state index contributed by atoms with van der Waals surface area (Å²) in [5.41, 5.74) is -0.493. The molecule has 4 N–H and O–H groups in total. The molecule has 0 aliphatic carbocycles. The Hall–Kier alpha value is -2.15. The van der Waals surface area contributed by atoms with Crippen molar-refractivity contribution in [3.05, 3.63) is 42.4 Å². The Morgan fingerprint density at radius 2 is 1.70 bits per heavy atom. The van der Waals surface area contributed by atoms with Crippen LogP contribution < -0.4 is 4.74 Å². The summed E-state index contributed by atoms with van der Waals surface area (Å²) >= 11 is 0. The lowest BCUT2D eigenvalue weighted by Crippen LogP contribution is -2.61. The number of aliphatic hydroxyl groups is 3. The van der Waals surface area contributed by atoms with Crippen LogP contribution in [0.1, 0.15) is 5.69 Å². The second kappa shape index (κ2) is 7.46. The molecule has 0 amide bonds. The fourth-order valence-electron chi connectivity index (χ4n) is 2.64. The Kier molecular flexibility index (Phi) is 5.42. The van der Waals surface area contributed by atoms with Crippen molar-refractivity contribution >= 4 is 10.1 Å². The van der Waals surface area contributed by atoms with Gasteiger partial charge in [-0.2, -0.15) is 8.42 Å². The third-order valence-electron chi connectivity index (χ3n) is 4.01. The zero-order chi connectivity index (χ0) is 19.8. The molecular weight excluding hydrogens is 380 g/mol. The van der Waals surface area contributed by atoms with Gasteiger partial charge >= 0.3 is 0 Å². The van der Waals surface area contributed by atoms with E-state index in [0.29, 0.717) is 17.0 Å². The number of aromatic nitrogens is 2. The smallest absolute Gasteiger partial charge is 0.295 e. The molecule has 2 aromatic rings. The van der Waals surface area contributed by atoms with Crippen LogP contribution in [0.4, 0.5) is 0 Å². The first-order valence-corrected chi connectivity index (χ1v) is 9.39. The second-order valence-corrected chi connectivity index (χ2v) is 7.51. The van der Waals surface area contributed by atoms with E-state index in [0.717, 1.165) is 0 Å². The van der Waals surface area contributed by atoms with Gasteiger partial charge in [0.05, 0.1) is 0 Å². The molecule has 1 unspecified atom stereocenters. The normalized spacial score (nSPS) is 28.7. The number of hydrogen-bond acceptors (Lipinski definition) is 9. The molecule has 1 saturated heterocycles. The molecule has 2 aromatic heterocycles. The summed E-state index contributed by atoms with van der Waals surface area (Å²) in [6.45, 7) is 1.76. The van der Waals surface area contributed by atoms with Gasteiger partial charge in [-0.1, -0.05) is 0 Å². The molecular formula is C16H18N2O8S. The molecule has 0 radical (unpaired) electrons. The van der Waals surface area contributed by atoms with Gasteiger partial charge in [0.25, 0.3) is 10.1 Å². The Morgan fingerprint density at radius 3 is 2.33 bits per heavy atom. The summed E-state index contributed by atoms with van der Waals surface area (Å²) in [6.07, 6.45) is -4.33. The van der Waals surface area contributed by atoms with Gasteiger partial charge < -0.3 is 24.8 Å². The van der Waals surface area contributed by atoms with E-state index in [-0.39, 0.29) is 5.75 Å².